The van der Waals surface area contributed by atoms with Crippen LogP contribution >= 0.6 is 0 Å². The van der Waals surface area contributed by atoms with Gasteiger partial charge in [0.05, 0.1) is 18.2 Å². The number of carbonyl (C=O) groups excluding carboxylic acids is 2. The summed E-state index contributed by atoms with van der Waals surface area (Å²) < 4.78 is 10.9. The number of ether oxygens (including phenoxy) is 2. The number of aliphatic hydroxyl groups excluding tert-OH is 1. The van der Waals surface area contributed by atoms with Gasteiger partial charge in [-0.05, 0) is 61.2 Å². The molecule has 0 aliphatic carbocycles. The molecule has 1 N–H and O–H groups in total. The van der Waals surface area contributed by atoms with E-state index in [4.69, 9.17) is 9.47 Å². The van der Waals surface area contributed by atoms with Gasteiger partial charge in [0.2, 0.25) is 0 Å². The number of hydrogen-bond donors (Lipinski definition) is 1. The maximum absolute atomic E-state index is 13.1. The highest BCUT2D eigenvalue weighted by Gasteiger charge is 2.45. The predicted octanol–water partition coefficient (Wildman–Crippen LogP) is 4.31. The molecular formula is C27H34N2O5. The van der Waals surface area contributed by atoms with Crippen molar-refractivity contribution in [2.75, 3.05) is 45.9 Å². The van der Waals surface area contributed by atoms with Gasteiger partial charge < -0.3 is 24.4 Å². The fraction of sp³-hybridized carbons (Fsp3) is 0.407. The van der Waals surface area contributed by atoms with Gasteiger partial charge in [0.25, 0.3) is 11.7 Å². The quantitative estimate of drug-likeness (QED) is 0.243. The van der Waals surface area contributed by atoms with Gasteiger partial charge in [-0.2, -0.15) is 0 Å². The van der Waals surface area contributed by atoms with E-state index in [2.05, 4.69) is 0 Å². The molecule has 0 aromatic heterocycles. The number of benzene rings is 2. The fourth-order valence-electron chi connectivity index (χ4n) is 4.12. The summed E-state index contributed by atoms with van der Waals surface area (Å²) >= 11 is 0. The Balaban J connectivity index is 2.07. The van der Waals surface area contributed by atoms with Gasteiger partial charge in [-0.25, -0.2) is 0 Å². The topological polar surface area (TPSA) is 79.3 Å². The third kappa shape index (κ3) is 5.25. The lowest BCUT2D eigenvalue weighted by Crippen LogP contribution is -2.31. The van der Waals surface area contributed by atoms with Crippen molar-refractivity contribution >= 4 is 23.1 Å². The smallest absolute Gasteiger partial charge is 0.295 e. The summed E-state index contributed by atoms with van der Waals surface area (Å²) in [6.07, 6.45) is 1.47. The second-order valence-corrected chi connectivity index (χ2v) is 8.65. The number of nitrogens with zero attached hydrogens (tertiary/aromatic N) is 2. The van der Waals surface area contributed by atoms with E-state index >= 15 is 0 Å². The van der Waals surface area contributed by atoms with Crippen LogP contribution in [-0.4, -0.2) is 62.7 Å². The van der Waals surface area contributed by atoms with Gasteiger partial charge in [0.1, 0.15) is 11.5 Å². The molecule has 2 aromatic carbocycles. The average Bonchev–Trinajstić information content (AvgIpc) is 3.08. The molecule has 3 rings (SSSR count). The zero-order valence-electron chi connectivity index (χ0n) is 20.6. The molecule has 34 heavy (non-hydrogen) atoms. The van der Waals surface area contributed by atoms with E-state index in [1.165, 1.54) is 4.90 Å². The van der Waals surface area contributed by atoms with Crippen LogP contribution in [0.3, 0.4) is 0 Å². The van der Waals surface area contributed by atoms with Gasteiger partial charge in [-0.1, -0.05) is 19.1 Å². The second-order valence-electron chi connectivity index (χ2n) is 8.65. The van der Waals surface area contributed by atoms with Crippen LogP contribution in [0.1, 0.15) is 42.5 Å². The number of hydrogen-bond acceptors (Lipinski definition) is 6. The number of anilines is 1. The first-order valence-corrected chi connectivity index (χ1v) is 11.6. The molecule has 7 nitrogen and oxygen atoms in total. The van der Waals surface area contributed by atoms with E-state index in [1.54, 1.807) is 25.3 Å². The van der Waals surface area contributed by atoms with Gasteiger partial charge in [0.15, 0.2) is 0 Å². The number of carbonyl (C=O) groups is 2. The van der Waals surface area contributed by atoms with Crippen molar-refractivity contribution in [3.05, 3.63) is 64.7 Å². The van der Waals surface area contributed by atoms with E-state index in [0.29, 0.717) is 31.7 Å². The third-order valence-corrected chi connectivity index (χ3v) is 5.92. The average molecular weight is 467 g/mol. The van der Waals surface area contributed by atoms with E-state index in [-0.39, 0.29) is 11.3 Å². The fourth-order valence-corrected chi connectivity index (χ4v) is 4.12. The maximum Gasteiger partial charge on any atom is 0.295 e. The number of aliphatic hydroxyl groups is 1. The van der Waals surface area contributed by atoms with Crippen molar-refractivity contribution in [1.82, 2.24) is 4.90 Å². The van der Waals surface area contributed by atoms with Crippen LogP contribution in [0.4, 0.5) is 5.69 Å². The minimum Gasteiger partial charge on any atom is -0.507 e. The van der Waals surface area contributed by atoms with Crippen LogP contribution in [0.5, 0.6) is 5.75 Å². The summed E-state index contributed by atoms with van der Waals surface area (Å²) in [5.41, 5.74) is 3.19. The highest BCUT2D eigenvalue weighted by Crippen LogP contribution is 2.40. The second kappa shape index (κ2) is 11.2. The van der Waals surface area contributed by atoms with Crippen molar-refractivity contribution in [2.45, 2.75) is 32.7 Å². The summed E-state index contributed by atoms with van der Waals surface area (Å²) in [6.45, 7) is 5.34. The van der Waals surface area contributed by atoms with Crippen molar-refractivity contribution in [2.24, 2.45) is 0 Å². The monoisotopic (exact) mass is 466 g/mol. The normalized spacial score (nSPS) is 17.3. The molecule has 7 heteroatoms. The molecule has 0 radical (unpaired) electrons. The molecule has 1 aliphatic heterocycles. The van der Waals surface area contributed by atoms with E-state index < -0.39 is 17.7 Å². The van der Waals surface area contributed by atoms with E-state index in [0.717, 1.165) is 29.0 Å². The zero-order valence-corrected chi connectivity index (χ0v) is 20.6. The van der Waals surface area contributed by atoms with Crippen LogP contribution < -0.4 is 9.64 Å². The molecule has 1 fully saturated rings. The van der Waals surface area contributed by atoms with Gasteiger partial charge in [0, 0.05) is 45.6 Å². The molecule has 1 atom stereocenters. The number of rotatable bonds is 10. The van der Waals surface area contributed by atoms with E-state index in [1.807, 2.05) is 57.1 Å². The molecule has 1 saturated heterocycles. The summed E-state index contributed by atoms with van der Waals surface area (Å²) in [7, 11) is 5.49. The largest absolute Gasteiger partial charge is 0.507 e. The van der Waals surface area contributed by atoms with Crippen molar-refractivity contribution in [3.63, 3.8) is 0 Å². The lowest BCUT2D eigenvalue weighted by Gasteiger charge is -2.26. The SMILES string of the molecule is CCCOc1ccc(/C(O)=C2/C(=O)C(=O)N(CCCOC)C2c2ccc(N(C)C)cc2)cc1C. The van der Waals surface area contributed by atoms with Crippen LogP contribution in [0.2, 0.25) is 0 Å². The minimum absolute atomic E-state index is 0.0987. The summed E-state index contributed by atoms with van der Waals surface area (Å²) in [5.74, 6) is -0.742. The van der Waals surface area contributed by atoms with Crippen molar-refractivity contribution in [1.29, 1.82) is 0 Å². The predicted molar refractivity (Wildman–Crippen MR) is 133 cm³/mol. The Labute approximate surface area is 201 Å². The molecule has 1 aliphatic rings. The Kier molecular flexibility index (Phi) is 8.34. The first-order valence-electron chi connectivity index (χ1n) is 11.6. The molecule has 2 aromatic rings. The zero-order chi connectivity index (χ0) is 24.8. The standard InChI is InChI=1S/C27H34N2O5/c1-6-15-34-22-13-10-20(17-18(22)2)25(30)23-24(19-8-11-21(12-9-19)28(3)4)29(14-7-16-33-5)27(32)26(23)31/h8-13,17,24,30H,6-7,14-16H2,1-5H3/b25-23-. The number of likely N-dealkylation sites (tertiary alicyclic amines) is 1. The van der Waals surface area contributed by atoms with Crippen LogP contribution in [-0.2, 0) is 14.3 Å². The Morgan fingerprint density at radius 1 is 1.09 bits per heavy atom. The highest BCUT2D eigenvalue weighted by molar-refractivity contribution is 6.46. The lowest BCUT2D eigenvalue weighted by atomic mass is 9.94. The number of aryl methyl sites for hydroxylation is 1. The molecule has 182 valence electrons. The van der Waals surface area contributed by atoms with Gasteiger partial charge >= 0.3 is 0 Å². The third-order valence-electron chi connectivity index (χ3n) is 5.92. The Morgan fingerprint density at radius 2 is 1.79 bits per heavy atom. The Bertz CT molecular complexity index is 1060. The summed E-state index contributed by atoms with van der Waals surface area (Å²) in [4.78, 5) is 29.7. The molecule has 1 heterocycles. The van der Waals surface area contributed by atoms with Gasteiger partial charge in [-0.15, -0.1) is 0 Å². The van der Waals surface area contributed by atoms with Crippen LogP contribution in [0.15, 0.2) is 48.0 Å². The van der Waals surface area contributed by atoms with Crippen LogP contribution in [0, 0.1) is 6.92 Å². The first kappa shape index (κ1) is 25.3. The van der Waals surface area contributed by atoms with Gasteiger partial charge in [-0.3, -0.25) is 9.59 Å². The molecule has 0 spiro atoms. The molecule has 0 bridgehead atoms. The number of amides is 1. The molecule has 1 unspecified atom stereocenters. The Morgan fingerprint density at radius 3 is 2.38 bits per heavy atom. The highest BCUT2D eigenvalue weighted by atomic mass is 16.5. The molecule has 1 amide bonds. The molecular weight excluding hydrogens is 432 g/mol. The van der Waals surface area contributed by atoms with Crippen molar-refractivity contribution in [3.8, 4) is 5.75 Å². The number of ketones is 1. The maximum atomic E-state index is 13.1. The van der Waals surface area contributed by atoms with Crippen LogP contribution in [0.25, 0.3) is 5.76 Å². The Hall–Kier alpha value is -3.32. The van der Waals surface area contributed by atoms with Crippen molar-refractivity contribution < 1.29 is 24.2 Å². The lowest BCUT2D eigenvalue weighted by molar-refractivity contribution is -0.140. The summed E-state index contributed by atoms with van der Waals surface area (Å²) in [5, 5.41) is 11.3. The molecule has 0 saturated carbocycles. The van der Waals surface area contributed by atoms with E-state index in [9.17, 15) is 14.7 Å². The summed E-state index contributed by atoms with van der Waals surface area (Å²) in [6, 6.07) is 12.3. The first-order chi connectivity index (χ1) is 16.3. The minimum atomic E-state index is -0.680. The number of methoxy groups -OCH3 is 1. The number of Topliss-reactive ketones (excluding diaryl/α,β-unsaturated/α-hetero) is 1.